The van der Waals surface area contributed by atoms with Crippen molar-refractivity contribution in [2.75, 3.05) is 7.05 Å². The van der Waals surface area contributed by atoms with Crippen LogP contribution in [0.4, 0.5) is 5.69 Å². The fourth-order valence-corrected chi connectivity index (χ4v) is 2.15. The van der Waals surface area contributed by atoms with Crippen LogP contribution >= 0.6 is 15.9 Å². The van der Waals surface area contributed by atoms with Crippen molar-refractivity contribution >= 4 is 21.6 Å². The van der Waals surface area contributed by atoms with Crippen molar-refractivity contribution in [3.05, 3.63) is 62.6 Å². The first-order chi connectivity index (χ1) is 9.60. The summed E-state index contributed by atoms with van der Waals surface area (Å²) in [5.74, 6) is 1.28. The molecule has 0 fully saturated rings. The maximum absolute atomic E-state index is 10.6. The molecule has 2 rings (SSSR count). The fraction of sp³-hybridized carbons (Fsp3) is 0.143. The van der Waals surface area contributed by atoms with Crippen LogP contribution in [0.15, 0.2) is 46.9 Å². The molecule has 0 radical (unpaired) electrons. The van der Waals surface area contributed by atoms with Gasteiger partial charge in [-0.1, -0.05) is 15.9 Å². The van der Waals surface area contributed by atoms with E-state index in [0.29, 0.717) is 12.3 Å². The van der Waals surface area contributed by atoms with Crippen molar-refractivity contribution in [1.29, 1.82) is 0 Å². The molecule has 0 amide bonds. The molecular formula is C14H13BrN2O3. The molecule has 0 aromatic heterocycles. The molecule has 0 atom stereocenters. The quantitative estimate of drug-likeness (QED) is 0.664. The summed E-state index contributed by atoms with van der Waals surface area (Å²) in [6.45, 7) is 0.668. The van der Waals surface area contributed by atoms with E-state index < -0.39 is 4.92 Å². The molecular weight excluding hydrogens is 324 g/mol. The lowest BCUT2D eigenvalue weighted by atomic mass is 10.2. The zero-order valence-electron chi connectivity index (χ0n) is 10.8. The number of nitro groups is 1. The van der Waals surface area contributed by atoms with E-state index in [1.54, 1.807) is 12.1 Å². The van der Waals surface area contributed by atoms with Gasteiger partial charge < -0.3 is 10.1 Å². The summed E-state index contributed by atoms with van der Waals surface area (Å²) in [6.07, 6.45) is 0. The van der Waals surface area contributed by atoms with E-state index in [-0.39, 0.29) is 5.69 Å². The van der Waals surface area contributed by atoms with Crippen LogP contribution < -0.4 is 10.1 Å². The third kappa shape index (κ3) is 3.55. The van der Waals surface area contributed by atoms with E-state index in [9.17, 15) is 10.1 Å². The maximum atomic E-state index is 10.6. The van der Waals surface area contributed by atoms with Gasteiger partial charge in [0.05, 0.1) is 4.92 Å². The summed E-state index contributed by atoms with van der Waals surface area (Å²) >= 11 is 3.42. The molecule has 0 aliphatic rings. The Morgan fingerprint density at radius 3 is 2.55 bits per heavy atom. The standard InChI is InChI=1S/C14H13BrN2O3/c1-16-9-10-8-11(15)2-7-14(10)20-13-5-3-12(4-6-13)17(18)19/h2-8,16H,9H2,1H3. The largest absolute Gasteiger partial charge is 0.457 e. The average Bonchev–Trinajstić information content (AvgIpc) is 2.43. The molecule has 0 saturated heterocycles. The zero-order chi connectivity index (χ0) is 14.5. The summed E-state index contributed by atoms with van der Waals surface area (Å²) in [6, 6.07) is 11.7. The van der Waals surface area contributed by atoms with Crippen LogP contribution in [0.1, 0.15) is 5.56 Å². The molecule has 0 heterocycles. The van der Waals surface area contributed by atoms with E-state index in [0.717, 1.165) is 15.8 Å². The Hall–Kier alpha value is -1.92. The number of hydrogen-bond donors (Lipinski definition) is 1. The molecule has 1 N–H and O–H groups in total. The van der Waals surface area contributed by atoms with Crippen LogP contribution in [0.5, 0.6) is 11.5 Å². The number of nitro benzene ring substituents is 1. The number of benzene rings is 2. The van der Waals surface area contributed by atoms with Crippen molar-refractivity contribution in [2.24, 2.45) is 0 Å². The molecule has 104 valence electrons. The Balaban J connectivity index is 2.22. The second kappa shape index (κ2) is 6.49. The van der Waals surface area contributed by atoms with E-state index >= 15 is 0 Å². The van der Waals surface area contributed by atoms with E-state index in [4.69, 9.17) is 4.74 Å². The van der Waals surface area contributed by atoms with Gasteiger partial charge >= 0.3 is 0 Å². The highest BCUT2D eigenvalue weighted by Crippen LogP contribution is 2.29. The monoisotopic (exact) mass is 336 g/mol. The van der Waals surface area contributed by atoms with Gasteiger partial charge in [0, 0.05) is 28.7 Å². The molecule has 6 heteroatoms. The summed E-state index contributed by atoms with van der Waals surface area (Å²) in [7, 11) is 1.86. The third-order valence-corrected chi connectivity index (χ3v) is 3.16. The second-order valence-corrected chi connectivity index (χ2v) is 5.05. The molecule has 0 aliphatic heterocycles. The molecule has 0 bridgehead atoms. The average molecular weight is 337 g/mol. The minimum absolute atomic E-state index is 0.0450. The van der Waals surface area contributed by atoms with Crippen LogP contribution in [0.2, 0.25) is 0 Å². The molecule has 2 aromatic carbocycles. The van der Waals surface area contributed by atoms with Crippen LogP contribution in [0.25, 0.3) is 0 Å². The first kappa shape index (κ1) is 14.5. The Morgan fingerprint density at radius 1 is 1.25 bits per heavy atom. The predicted octanol–water partition coefficient (Wildman–Crippen LogP) is 3.87. The first-order valence-corrected chi connectivity index (χ1v) is 6.75. The first-order valence-electron chi connectivity index (χ1n) is 5.95. The van der Waals surface area contributed by atoms with Crippen LogP contribution in [-0.2, 0) is 6.54 Å². The molecule has 0 saturated carbocycles. The Bertz CT molecular complexity index is 614. The Labute approximate surface area is 124 Å². The lowest BCUT2D eigenvalue weighted by Crippen LogP contribution is -2.06. The van der Waals surface area contributed by atoms with Crippen molar-refractivity contribution in [1.82, 2.24) is 5.32 Å². The summed E-state index contributed by atoms with van der Waals surface area (Å²) in [4.78, 5) is 10.2. The second-order valence-electron chi connectivity index (χ2n) is 4.14. The Morgan fingerprint density at radius 2 is 1.95 bits per heavy atom. The SMILES string of the molecule is CNCc1cc(Br)ccc1Oc1ccc([N+](=O)[O-])cc1. The van der Waals surface area contributed by atoms with Crippen molar-refractivity contribution in [2.45, 2.75) is 6.54 Å². The fourth-order valence-electron chi connectivity index (χ4n) is 1.74. The number of hydrogen-bond acceptors (Lipinski definition) is 4. The van der Waals surface area contributed by atoms with Gasteiger partial charge in [0.15, 0.2) is 0 Å². The molecule has 0 unspecified atom stereocenters. The minimum Gasteiger partial charge on any atom is -0.457 e. The summed E-state index contributed by atoms with van der Waals surface area (Å²) < 4.78 is 6.74. The molecule has 2 aromatic rings. The van der Waals surface area contributed by atoms with Gasteiger partial charge in [-0.3, -0.25) is 10.1 Å². The van der Waals surface area contributed by atoms with E-state index in [1.807, 2.05) is 25.2 Å². The van der Waals surface area contributed by atoms with Crippen LogP contribution in [0.3, 0.4) is 0 Å². The normalized spacial score (nSPS) is 10.3. The number of nitrogens with zero attached hydrogens (tertiary/aromatic N) is 1. The number of rotatable bonds is 5. The maximum Gasteiger partial charge on any atom is 0.269 e. The van der Waals surface area contributed by atoms with Gasteiger partial charge in [0.1, 0.15) is 11.5 Å². The van der Waals surface area contributed by atoms with Crippen LogP contribution in [-0.4, -0.2) is 12.0 Å². The van der Waals surface area contributed by atoms with Gasteiger partial charge in [-0.05, 0) is 37.4 Å². The lowest BCUT2D eigenvalue weighted by Gasteiger charge is -2.11. The molecule has 5 nitrogen and oxygen atoms in total. The molecule has 0 spiro atoms. The Kier molecular flexibility index (Phi) is 4.70. The highest BCUT2D eigenvalue weighted by molar-refractivity contribution is 9.10. The summed E-state index contributed by atoms with van der Waals surface area (Å²) in [5.41, 5.74) is 1.05. The van der Waals surface area contributed by atoms with Gasteiger partial charge in [-0.2, -0.15) is 0 Å². The number of ether oxygens (including phenoxy) is 1. The topological polar surface area (TPSA) is 64.4 Å². The van der Waals surface area contributed by atoms with Gasteiger partial charge in [-0.25, -0.2) is 0 Å². The zero-order valence-corrected chi connectivity index (χ0v) is 12.4. The van der Waals surface area contributed by atoms with Crippen LogP contribution in [0, 0.1) is 10.1 Å². The minimum atomic E-state index is -0.435. The van der Waals surface area contributed by atoms with Crippen molar-refractivity contribution in [3.8, 4) is 11.5 Å². The highest BCUT2D eigenvalue weighted by Gasteiger charge is 2.08. The third-order valence-electron chi connectivity index (χ3n) is 2.67. The van der Waals surface area contributed by atoms with E-state index in [2.05, 4.69) is 21.2 Å². The predicted molar refractivity (Wildman–Crippen MR) is 80.1 cm³/mol. The lowest BCUT2D eigenvalue weighted by molar-refractivity contribution is -0.384. The number of non-ortho nitro benzene ring substituents is 1. The summed E-state index contributed by atoms with van der Waals surface area (Å²) in [5, 5.41) is 13.7. The number of nitrogens with one attached hydrogen (secondary N) is 1. The smallest absolute Gasteiger partial charge is 0.269 e. The van der Waals surface area contributed by atoms with Gasteiger partial charge in [0.25, 0.3) is 5.69 Å². The number of halogens is 1. The van der Waals surface area contributed by atoms with Crippen molar-refractivity contribution in [3.63, 3.8) is 0 Å². The van der Waals surface area contributed by atoms with Crippen molar-refractivity contribution < 1.29 is 9.66 Å². The molecule has 20 heavy (non-hydrogen) atoms. The van der Waals surface area contributed by atoms with Gasteiger partial charge in [-0.15, -0.1) is 0 Å². The van der Waals surface area contributed by atoms with Gasteiger partial charge in [0.2, 0.25) is 0 Å². The highest BCUT2D eigenvalue weighted by atomic mass is 79.9. The molecule has 0 aliphatic carbocycles. The van der Waals surface area contributed by atoms with E-state index in [1.165, 1.54) is 12.1 Å².